The second-order valence-electron chi connectivity index (χ2n) is 4.83. The molecule has 0 aliphatic carbocycles. The van der Waals surface area contributed by atoms with E-state index in [0.717, 1.165) is 20.4 Å². The van der Waals surface area contributed by atoms with Gasteiger partial charge in [-0.25, -0.2) is 4.79 Å². The molecule has 100 valence electrons. The lowest BCUT2D eigenvalue weighted by molar-refractivity contribution is 0.0683. The number of hydrogen-bond acceptors (Lipinski definition) is 1. The van der Waals surface area contributed by atoms with Crippen LogP contribution in [0.15, 0.2) is 30.3 Å². The minimum atomic E-state index is -0.886. The van der Waals surface area contributed by atoms with Crippen molar-refractivity contribution in [2.75, 3.05) is 0 Å². The van der Waals surface area contributed by atoms with Crippen molar-refractivity contribution in [2.45, 2.75) is 26.8 Å². The molecule has 0 saturated carbocycles. The zero-order valence-electron chi connectivity index (χ0n) is 11.1. The van der Waals surface area contributed by atoms with Crippen LogP contribution in [0.1, 0.15) is 35.9 Å². The van der Waals surface area contributed by atoms with Crippen LogP contribution >= 0.6 is 22.6 Å². The molecule has 1 N–H and O–H groups in total. The highest BCUT2D eigenvalue weighted by Gasteiger charge is 2.18. The molecule has 0 unspecified atom stereocenters. The van der Waals surface area contributed by atoms with Crippen LogP contribution in [0.4, 0.5) is 0 Å². The monoisotopic (exact) mass is 369 g/mol. The summed E-state index contributed by atoms with van der Waals surface area (Å²) < 4.78 is 3.02. The number of hydrogen-bond donors (Lipinski definition) is 1. The fourth-order valence-electron chi connectivity index (χ4n) is 2.27. The molecule has 3 nitrogen and oxygen atoms in total. The first-order valence-electron chi connectivity index (χ1n) is 6.13. The van der Waals surface area contributed by atoms with Crippen molar-refractivity contribution in [1.29, 1.82) is 0 Å². The van der Waals surface area contributed by atoms with Gasteiger partial charge in [0.05, 0.1) is 0 Å². The molecule has 2 aromatic rings. The molecule has 0 radical (unpaired) electrons. The van der Waals surface area contributed by atoms with E-state index in [0.29, 0.717) is 5.69 Å². The molecule has 0 fully saturated rings. The number of nitrogens with zero attached hydrogens (tertiary/aromatic N) is 1. The Morgan fingerprint density at radius 3 is 2.53 bits per heavy atom. The second-order valence-corrected chi connectivity index (χ2v) is 6.08. The standard InChI is InChI=1S/C15H16INO2/c1-9(2)17-13(6-7-14(17)15(18)19)12-8-11(16)5-4-10(12)3/h4-9H,1-3H3,(H,18,19). The zero-order chi connectivity index (χ0) is 14.2. The Kier molecular flexibility index (Phi) is 3.99. The summed E-state index contributed by atoms with van der Waals surface area (Å²) in [7, 11) is 0. The largest absolute Gasteiger partial charge is 0.477 e. The Bertz CT molecular complexity index is 629. The Morgan fingerprint density at radius 2 is 1.95 bits per heavy atom. The minimum Gasteiger partial charge on any atom is -0.477 e. The highest BCUT2D eigenvalue weighted by Crippen LogP contribution is 2.30. The summed E-state index contributed by atoms with van der Waals surface area (Å²) in [6, 6.07) is 9.89. The van der Waals surface area contributed by atoms with E-state index in [-0.39, 0.29) is 6.04 Å². The number of carboxylic acids is 1. The molecule has 0 amide bonds. The van der Waals surface area contributed by atoms with Crippen LogP contribution in [0.3, 0.4) is 0 Å². The maximum absolute atomic E-state index is 11.3. The number of aromatic nitrogens is 1. The first kappa shape index (κ1) is 14.1. The van der Waals surface area contributed by atoms with Crippen LogP contribution in [-0.4, -0.2) is 15.6 Å². The maximum Gasteiger partial charge on any atom is 0.352 e. The molecular formula is C15H16INO2. The SMILES string of the molecule is Cc1ccc(I)cc1-c1ccc(C(=O)O)n1C(C)C. The van der Waals surface area contributed by atoms with Crippen molar-refractivity contribution in [2.24, 2.45) is 0 Å². The number of carbonyl (C=O) groups is 1. The summed E-state index contributed by atoms with van der Waals surface area (Å²) in [5.41, 5.74) is 3.54. The first-order valence-corrected chi connectivity index (χ1v) is 7.20. The van der Waals surface area contributed by atoms with Gasteiger partial charge in [-0.3, -0.25) is 0 Å². The van der Waals surface area contributed by atoms with Crippen molar-refractivity contribution >= 4 is 28.6 Å². The number of halogens is 1. The van der Waals surface area contributed by atoms with Gasteiger partial charge in [-0.2, -0.15) is 0 Å². The minimum absolute atomic E-state index is 0.105. The molecule has 0 aliphatic rings. The average Bonchev–Trinajstić information content (AvgIpc) is 2.76. The number of aromatic carboxylic acids is 1. The van der Waals surface area contributed by atoms with E-state index in [9.17, 15) is 9.90 Å². The quantitative estimate of drug-likeness (QED) is 0.818. The first-order chi connectivity index (χ1) is 8.91. The summed E-state index contributed by atoms with van der Waals surface area (Å²) in [6.45, 7) is 6.04. The Labute approximate surface area is 126 Å². The van der Waals surface area contributed by atoms with E-state index in [2.05, 4.69) is 40.8 Å². The number of benzene rings is 1. The van der Waals surface area contributed by atoms with Gasteiger partial charge in [-0.05, 0) is 73.2 Å². The smallest absolute Gasteiger partial charge is 0.352 e. The van der Waals surface area contributed by atoms with Crippen LogP contribution in [0.5, 0.6) is 0 Å². The van der Waals surface area contributed by atoms with E-state index < -0.39 is 5.97 Å². The molecule has 0 saturated heterocycles. The van der Waals surface area contributed by atoms with Crippen molar-refractivity contribution in [1.82, 2.24) is 4.57 Å². The maximum atomic E-state index is 11.3. The summed E-state index contributed by atoms with van der Waals surface area (Å²) >= 11 is 2.27. The average molecular weight is 369 g/mol. The van der Waals surface area contributed by atoms with Crippen molar-refractivity contribution in [3.05, 3.63) is 45.2 Å². The van der Waals surface area contributed by atoms with Crippen molar-refractivity contribution in [3.63, 3.8) is 0 Å². The van der Waals surface area contributed by atoms with E-state index >= 15 is 0 Å². The van der Waals surface area contributed by atoms with E-state index in [1.165, 1.54) is 0 Å². The third-order valence-electron chi connectivity index (χ3n) is 3.13. The van der Waals surface area contributed by atoms with Gasteiger partial charge in [0.1, 0.15) is 5.69 Å². The lowest BCUT2D eigenvalue weighted by atomic mass is 10.1. The number of aryl methyl sites for hydroxylation is 1. The topological polar surface area (TPSA) is 42.2 Å². The normalized spacial score (nSPS) is 11.0. The Balaban J connectivity index is 2.69. The summed E-state index contributed by atoms with van der Waals surface area (Å²) in [5.74, 6) is -0.886. The Morgan fingerprint density at radius 1 is 1.26 bits per heavy atom. The van der Waals surface area contributed by atoms with Gasteiger partial charge in [0, 0.05) is 20.9 Å². The highest BCUT2D eigenvalue weighted by atomic mass is 127. The van der Waals surface area contributed by atoms with Gasteiger partial charge >= 0.3 is 5.97 Å². The number of carboxylic acid groups (broad SMARTS) is 1. The Hall–Kier alpha value is -1.30. The molecule has 0 aliphatic heterocycles. The van der Waals surface area contributed by atoms with Crippen LogP contribution in [0.25, 0.3) is 11.3 Å². The molecule has 1 aromatic carbocycles. The lowest BCUT2D eigenvalue weighted by Crippen LogP contribution is -2.12. The lowest BCUT2D eigenvalue weighted by Gasteiger charge is -2.17. The molecule has 1 heterocycles. The zero-order valence-corrected chi connectivity index (χ0v) is 13.3. The molecule has 0 spiro atoms. The fourth-order valence-corrected chi connectivity index (χ4v) is 2.76. The van der Waals surface area contributed by atoms with E-state index in [1.807, 2.05) is 31.4 Å². The van der Waals surface area contributed by atoms with Gasteiger partial charge in [0.25, 0.3) is 0 Å². The van der Waals surface area contributed by atoms with Crippen LogP contribution < -0.4 is 0 Å². The van der Waals surface area contributed by atoms with Gasteiger partial charge in [-0.15, -0.1) is 0 Å². The third-order valence-corrected chi connectivity index (χ3v) is 3.80. The molecular weight excluding hydrogens is 353 g/mol. The van der Waals surface area contributed by atoms with Crippen molar-refractivity contribution in [3.8, 4) is 11.3 Å². The summed E-state index contributed by atoms with van der Waals surface area (Å²) in [5, 5.41) is 9.28. The summed E-state index contributed by atoms with van der Waals surface area (Å²) in [4.78, 5) is 11.3. The van der Waals surface area contributed by atoms with Gasteiger partial charge in [0.15, 0.2) is 0 Å². The molecule has 2 rings (SSSR count). The van der Waals surface area contributed by atoms with E-state index in [4.69, 9.17) is 0 Å². The predicted octanol–water partition coefficient (Wildman–Crippen LogP) is 4.35. The van der Waals surface area contributed by atoms with Crippen LogP contribution in [0, 0.1) is 10.5 Å². The predicted molar refractivity (Wildman–Crippen MR) is 84.7 cm³/mol. The molecule has 4 heteroatoms. The van der Waals surface area contributed by atoms with Crippen LogP contribution in [0.2, 0.25) is 0 Å². The second kappa shape index (κ2) is 5.36. The van der Waals surface area contributed by atoms with Crippen molar-refractivity contribution < 1.29 is 9.90 Å². The fraction of sp³-hybridized carbons (Fsp3) is 0.267. The van der Waals surface area contributed by atoms with Gasteiger partial charge < -0.3 is 9.67 Å². The molecule has 19 heavy (non-hydrogen) atoms. The van der Waals surface area contributed by atoms with E-state index in [1.54, 1.807) is 6.07 Å². The number of rotatable bonds is 3. The molecule has 0 bridgehead atoms. The van der Waals surface area contributed by atoms with Crippen LogP contribution in [-0.2, 0) is 0 Å². The highest BCUT2D eigenvalue weighted by molar-refractivity contribution is 14.1. The third kappa shape index (κ3) is 2.68. The summed E-state index contributed by atoms with van der Waals surface area (Å²) in [6.07, 6.45) is 0. The molecule has 0 atom stereocenters. The molecule has 1 aromatic heterocycles. The van der Waals surface area contributed by atoms with Gasteiger partial charge in [-0.1, -0.05) is 6.07 Å². The van der Waals surface area contributed by atoms with Gasteiger partial charge in [0.2, 0.25) is 0 Å².